The van der Waals surface area contributed by atoms with Gasteiger partial charge < -0.3 is 14.2 Å². The fraction of sp³-hybridized carbons (Fsp3) is 0.600. The third kappa shape index (κ3) is 2.67. The third-order valence-electron chi connectivity index (χ3n) is 3.65. The third-order valence-corrected chi connectivity index (χ3v) is 3.87. The van der Waals surface area contributed by atoms with E-state index in [0.717, 1.165) is 23.5 Å². The van der Waals surface area contributed by atoms with Gasteiger partial charge >= 0.3 is 0 Å². The Labute approximate surface area is 119 Å². The lowest BCUT2D eigenvalue weighted by Gasteiger charge is -2.37. The molecule has 1 aliphatic heterocycles. The first kappa shape index (κ1) is 14.5. The first-order valence-corrected chi connectivity index (χ1v) is 7.01. The number of hydrogen-bond donors (Lipinski definition) is 0. The van der Waals surface area contributed by atoms with Crippen molar-refractivity contribution in [3.8, 4) is 11.5 Å². The fourth-order valence-electron chi connectivity index (χ4n) is 2.56. The van der Waals surface area contributed by atoms with Crippen molar-refractivity contribution in [3.63, 3.8) is 0 Å². The van der Waals surface area contributed by atoms with Crippen LogP contribution in [0.1, 0.15) is 37.5 Å². The molecule has 1 heterocycles. The van der Waals surface area contributed by atoms with E-state index in [-0.39, 0.29) is 11.5 Å². The van der Waals surface area contributed by atoms with Crippen molar-refractivity contribution in [2.45, 2.75) is 31.8 Å². The second kappa shape index (κ2) is 5.59. The standard InChI is InChI=1S/C15H21ClO3/c1-15(2)9-19-12(5-6-16)10-7-13(17-3)14(18-4)8-11(10)15/h7-8,12H,5-6,9H2,1-4H3/t12-/m1/s1. The average Bonchev–Trinajstić information content (AvgIpc) is 2.41. The van der Waals surface area contributed by atoms with Gasteiger partial charge in [0.15, 0.2) is 11.5 Å². The molecule has 0 spiro atoms. The molecule has 2 rings (SSSR count). The van der Waals surface area contributed by atoms with Crippen molar-refractivity contribution in [2.75, 3.05) is 26.7 Å². The Bertz CT molecular complexity index is 457. The first-order chi connectivity index (χ1) is 9.03. The predicted octanol–water partition coefficient (Wildman–Crippen LogP) is 3.68. The summed E-state index contributed by atoms with van der Waals surface area (Å²) >= 11 is 5.87. The number of rotatable bonds is 4. The fourth-order valence-corrected chi connectivity index (χ4v) is 2.76. The topological polar surface area (TPSA) is 27.7 Å². The lowest BCUT2D eigenvalue weighted by molar-refractivity contribution is 0.00496. The summed E-state index contributed by atoms with van der Waals surface area (Å²) in [5.74, 6) is 2.08. The highest BCUT2D eigenvalue weighted by molar-refractivity contribution is 6.17. The molecule has 0 saturated heterocycles. The molecule has 0 radical (unpaired) electrons. The molecule has 0 saturated carbocycles. The van der Waals surface area contributed by atoms with Gasteiger partial charge in [-0.15, -0.1) is 11.6 Å². The molecule has 0 bridgehead atoms. The molecule has 4 heteroatoms. The van der Waals surface area contributed by atoms with Gasteiger partial charge in [-0.3, -0.25) is 0 Å². The summed E-state index contributed by atoms with van der Waals surface area (Å²) in [4.78, 5) is 0. The molecule has 0 aromatic heterocycles. The van der Waals surface area contributed by atoms with Gasteiger partial charge in [0.25, 0.3) is 0 Å². The molecule has 3 nitrogen and oxygen atoms in total. The van der Waals surface area contributed by atoms with Crippen LogP contribution in [0.5, 0.6) is 11.5 Å². The van der Waals surface area contributed by atoms with E-state index in [9.17, 15) is 0 Å². The van der Waals surface area contributed by atoms with E-state index in [1.54, 1.807) is 14.2 Å². The number of hydrogen-bond acceptors (Lipinski definition) is 3. The van der Waals surface area contributed by atoms with Crippen LogP contribution in [0.3, 0.4) is 0 Å². The molecule has 1 aromatic rings. The van der Waals surface area contributed by atoms with Gasteiger partial charge in [0, 0.05) is 11.3 Å². The minimum Gasteiger partial charge on any atom is -0.493 e. The number of halogens is 1. The average molecular weight is 285 g/mol. The van der Waals surface area contributed by atoms with E-state index in [0.29, 0.717) is 12.5 Å². The maximum atomic E-state index is 5.95. The Morgan fingerprint density at radius 3 is 2.47 bits per heavy atom. The van der Waals surface area contributed by atoms with E-state index < -0.39 is 0 Å². The molecular weight excluding hydrogens is 264 g/mol. The van der Waals surface area contributed by atoms with E-state index in [1.807, 2.05) is 6.07 Å². The molecule has 0 unspecified atom stereocenters. The largest absolute Gasteiger partial charge is 0.493 e. The molecule has 0 aliphatic carbocycles. The highest BCUT2D eigenvalue weighted by Gasteiger charge is 2.34. The second-order valence-corrected chi connectivity index (χ2v) is 5.83. The van der Waals surface area contributed by atoms with Crippen molar-refractivity contribution < 1.29 is 14.2 Å². The van der Waals surface area contributed by atoms with E-state index in [2.05, 4.69) is 19.9 Å². The Hall–Kier alpha value is -0.930. The summed E-state index contributed by atoms with van der Waals surface area (Å²) in [7, 11) is 3.31. The van der Waals surface area contributed by atoms with Crippen molar-refractivity contribution >= 4 is 11.6 Å². The zero-order chi connectivity index (χ0) is 14.0. The van der Waals surface area contributed by atoms with Gasteiger partial charge in [0.05, 0.1) is 26.9 Å². The van der Waals surface area contributed by atoms with Gasteiger partial charge in [-0.25, -0.2) is 0 Å². The Balaban J connectivity index is 2.54. The maximum Gasteiger partial charge on any atom is 0.161 e. The number of fused-ring (bicyclic) bond motifs is 1. The van der Waals surface area contributed by atoms with Gasteiger partial charge in [-0.05, 0) is 29.7 Å². The van der Waals surface area contributed by atoms with Crippen LogP contribution in [0.2, 0.25) is 0 Å². The predicted molar refractivity (Wildman–Crippen MR) is 76.6 cm³/mol. The van der Waals surface area contributed by atoms with E-state index in [1.165, 1.54) is 5.56 Å². The highest BCUT2D eigenvalue weighted by Crippen LogP contribution is 2.44. The zero-order valence-corrected chi connectivity index (χ0v) is 12.7. The minimum atomic E-state index is -0.0301. The lowest BCUT2D eigenvalue weighted by Crippen LogP contribution is -2.33. The molecule has 1 aromatic carbocycles. The molecule has 0 N–H and O–H groups in total. The van der Waals surface area contributed by atoms with Crippen molar-refractivity contribution in [2.24, 2.45) is 0 Å². The molecule has 0 amide bonds. The number of alkyl halides is 1. The highest BCUT2D eigenvalue weighted by atomic mass is 35.5. The minimum absolute atomic E-state index is 0.0301. The van der Waals surface area contributed by atoms with Crippen LogP contribution >= 0.6 is 11.6 Å². The van der Waals surface area contributed by atoms with Crippen molar-refractivity contribution in [3.05, 3.63) is 23.3 Å². The van der Waals surface area contributed by atoms with Crippen molar-refractivity contribution in [1.29, 1.82) is 0 Å². The van der Waals surface area contributed by atoms with Crippen LogP contribution in [-0.4, -0.2) is 26.7 Å². The number of benzene rings is 1. The Morgan fingerprint density at radius 1 is 1.26 bits per heavy atom. The smallest absolute Gasteiger partial charge is 0.161 e. The Kier molecular flexibility index (Phi) is 4.26. The van der Waals surface area contributed by atoms with Crippen LogP contribution in [0, 0.1) is 0 Å². The van der Waals surface area contributed by atoms with E-state index >= 15 is 0 Å². The Morgan fingerprint density at radius 2 is 1.89 bits per heavy atom. The molecular formula is C15H21ClO3. The zero-order valence-electron chi connectivity index (χ0n) is 12.0. The molecule has 19 heavy (non-hydrogen) atoms. The second-order valence-electron chi connectivity index (χ2n) is 5.46. The van der Waals surface area contributed by atoms with Gasteiger partial charge in [-0.1, -0.05) is 13.8 Å². The lowest BCUT2D eigenvalue weighted by atomic mass is 9.78. The number of methoxy groups -OCH3 is 2. The van der Waals surface area contributed by atoms with Crippen molar-refractivity contribution in [1.82, 2.24) is 0 Å². The van der Waals surface area contributed by atoms with E-state index in [4.69, 9.17) is 25.8 Å². The molecule has 106 valence electrons. The van der Waals surface area contributed by atoms with Gasteiger partial charge in [0.2, 0.25) is 0 Å². The monoisotopic (exact) mass is 284 g/mol. The number of ether oxygens (including phenoxy) is 3. The summed E-state index contributed by atoms with van der Waals surface area (Å²) in [6.45, 7) is 5.04. The summed E-state index contributed by atoms with van der Waals surface area (Å²) in [5.41, 5.74) is 2.39. The molecule has 1 aliphatic rings. The summed E-state index contributed by atoms with van der Waals surface area (Å²) in [6, 6.07) is 4.09. The van der Waals surface area contributed by atoms with Gasteiger partial charge in [-0.2, -0.15) is 0 Å². The van der Waals surface area contributed by atoms with Crippen LogP contribution in [0.15, 0.2) is 12.1 Å². The first-order valence-electron chi connectivity index (χ1n) is 6.47. The maximum absolute atomic E-state index is 5.95. The SMILES string of the molecule is COc1cc2c(cc1OC)C(C)(C)CO[C@@H]2CCCl. The summed E-state index contributed by atoms with van der Waals surface area (Å²) < 4.78 is 16.7. The van der Waals surface area contributed by atoms with Crippen LogP contribution in [-0.2, 0) is 10.2 Å². The molecule has 1 atom stereocenters. The van der Waals surface area contributed by atoms with Gasteiger partial charge in [0.1, 0.15) is 0 Å². The summed E-state index contributed by atoms with van der Waals surface area (Å²) in [6.07, 6.45) is 0.848. The van der Waals surface area contributed by atoms with Crippen LogP contribution in [0.4, 0.5) is 0 Å². The van der Waals surface area contributed by atoms with Crippen LogP contribution < -0.4 is 9.47 Å². The summed E-state index contributed by atoms with van der Waals surface area (Å²) in [5, 5.41) is 0. The normalized spacial score (nSPS) is 20.8. The molecule has 0 fully saturated rings. The van der Waals surface area contributed by atoms with Crippen LogP contribution in [0.25, 0.3) is 0 Å². The quantitative estimate of drug-likeness (QED) is 0.790.